The molecule has 1 aromatic heterocycles. The molecule has 0 amide bonds. The minimum Gasteiger partial charge on any atom is -0.317 e. The topological polar surface area (TPSA) is 37.3 Å². The van der Waals surface area contributed by atoms with Gasteiger partial charge in [0.1, 0.15) is 0 Å². The number of fused-ring (bicyclic) bond motifs is 1. The lowest BCUT2D eigenvalue weighted by atomic mass is 10.00. The molecule has 0 saturated carbocycles. The second-order valence-corrected chi connectivity index (χ2v) is 6.12. The number of hydrogen-bond donors (Lipinski definition) is 1. The lowest BCUT2D eigenvalue weighted by molar-refractivity contribution is 0.136. The van der Waals surface area contributed by atoms with Crippen LogP contribution in [0.3, 0.4) is 0 Å². The third-order valence-corrected chi connectivity index (χ3v) is 4.60. The Morgan fingerprint density at radius 3 is 2.52 bits per heavy atom. The van der Waals surface area contributed by atoms with Crippen molar-refractivity contribution in [1.82, 2.24) is 9.58 Å². The van der Waals surface area contributed by atoms with Gasteiger partial charge in [0.2, 0.25) is 0 Å². The van der Waals surface area contributed by atoms with Crippen LogP contribution in [0.5, 0.6) is 0 Å². The zero-order valence-corrected chi connectivity index (χ0v) is 13.0. The average Bonchev–Trinajstić information content (AvgIpc) is 2.48. The van der Waals surface area contributed by atoms with Crippen molar-refractivity contribution in [3.8, 4) is 0 Å². The second-order valence-electron chi connectivity index (χ2n) is 6.12. The first kappa shape index (κ1) is 14.1. The summed E-state index contributed by atoms with van der Waals surface area (Å²) in [6.07, 6.45) is 3.66. The van der Waals surface area contributed by atoms with Gasteiger partial charge in [-0.3, -0.25) is 4.79 Å². The SMILES string of the molecule is CC1CCCC(C)N1Nc1cc(=O)n(C)c2ccccc12. The van der Waals surface area contributed by atoms with Crippen molar-refractivity contribution in [3.05, 3.63) is 40.7 Å². The number of anilines is 1. The summed E-state index contributed by atoms with van der Waals surface area (Å²) >= 11 is 0. The van der Waals surface area contributed by atoms with Crippen molar-refractivity contribution in [1.29, 1.82) is 0 Å². The van der Waals surface area contributed by atoms with Gasteiger partial charge in [-0.25, -0.2) is 5.01 Å². The van der Waals surface area contributed by atoms with Gasteiger partial charge in [0.25, 0.3) is 5.56 Å². The van der Waals surface area contributed by atoms with Crippen LogP contribution in [-0.4, -0.2) is 21.7 Å². The van der Waals surface area contributed by atoms with Crippen molar-refractivity contribution in [3.63, 3.8) is 0 Å². The molecule has 21 heavy (non-hydrogen) atoms. The molecule has 2 aromatic rings. The number of hydrogen-bond acceptors (Lipinski definition) is 3. The molecule has 112 valence electrons. The molecule has 0 aliphatic carbocycles. The van der Waals surface area contributed by atoms with E-state index >= 15 is 0 Å². The van der Waals surface area contributed by atoms with Gasteiger partial charge in [0.05, 0.1) is 11.2 Å². The Morgan fingerprint density at radius 2 is 1.81 bits per heavy atom. The quantitative estimate of drug-likeness (QED) is 0.921. The summed E-state index contributed by atoms with van der Waals surface area (Å²) in [5.74, 6) is 0. The van der Waals surface area contributed by atoms with Crippen molar-refractivity contribution < 1.29 is 0 Å². The molecule has 0 bridgehead atoms. The number of benzene rings is 1. The first-order valence-electron chi connectivity index (χ1n) is 7.71. The number of para-hydroxylation sites is 1. The summed E-state index contributed by atoms with van der Waals surface area (Å²) in [6, 6.07) is 10.7. The molecule has 4 nitrogen and oxygen atoms in total. The molecule has 3 rings (SSSR count). The van der Waals surface area contributed by atoms with Gasteiger partial charge in [-0.2, -0.15) is 0 Å². The molecule has 0 spiro atoms. The van der Waals surface area contributed by atoms with Crippen LogP contribution >= 0.6 is 0 Å². The zero-order chi connectivity index (χ0) is 15.0. The van der Waals surface area contributed by atoms with E-state index in [4.69, 9.17) is 0 Å². The van der Waals surface area contributed by atoms with Gasteiger partial charge < -0.3 is 9.99 Å². The number of nitrogens with one attached hydrogen (secondary N) is 1. The number of piperidine rings is 1. The van der Waals surface area contributed by atoms with E-state index in [1.807, 2.05) is 25.2 Å². The highest BCUT2D eigenvalue weighted by atomic mass is 16.1. The summed E-state index contributed by atoms with van der Waals surface area (Å²) in [5, 5.41) is 3.38. The van der Waals surface area contributed by atoms with Crippen molar-refractivity contribution in [2.45, 2.75) is 45.2 Å². The number of aryl methyl sites for hydroxylation is 1. The largest absolute Gasteiger partial charge is 0.317 e. The lowest BCUT2D eigenvalue weighted by Crippen LogP contribution is -2.47. The van der Waals surface area contributed by atoms with Gasteiger partial charge in [-0.05, 0) is 32.8 Å². The van der Waals surface area contributed by atoms with Crippen molar-refractivity contribution >= 4 is 16.6 Å². The Labute approximate surface area is 125 Å². The maximum Gasteiger partial charge on any atom is 0.252 e. The normalized spacial score (nSPS) is 23.4. The van der Waals surface area contributed by atoms with Crippen LogP contribution in [0, 0.1) is 0 Å². The number of pyridine rings is 1. The fourth-order valence-electron chi connectivity index (χ4n) is 3.28. The van der Waals surface area contributed by atoms with Gasteiger partial charge in [0, 0.05) is 30.6 Å². The second kappa shape index (κ2) is 5.53. The molecule has 1 aromatic carbocycles. The molecule has 1 N–H and O–H groups in total. The van der Waals surface area contributed by atoms with E-state index in [1.165, 1.54) is 19.3 Å². The minimum atomic E-state index is 0.0218. The number of hydrazine groups is 1. The summed E-state index contributed by atoms with van der Waals surface area (Å²) in [5.41, 5.74) is 5.41. The molecular formula is C17H23N3O. The van der Waals surface area contributed by atoms with Gasteiger partial charge >= 0.3 is 0 Å². The summed E-state index contributed by atoms with van der Waals surface area (Å²) in [4.78, 5) is 12.2. The van der Waals surface area contributed by atoms with E-state index in [1.54, 1.807) is 10.6 Å². The Morgan fingerprint density at radius 1 is 1.14 bits per heavy atom. The van der Waals surface area contributed by atoms with Crippen LogP contribution in [0.15, 0.2) is 35.1 Å². The Kier molecular flexibility index (Phi) is 3.72. The third kappa shape index (κ3) is 2.56. The first-order chi connectivity index (χ1) is 10.1. The van der Waals surface area contributed by atoms with Crippen LogP contribution < -0.4 is 11.0 Å². The molecule has 2 heterocycles. The molecule has 1 fully saturated rings. The monoisotopic (exact) mass is 285 g/mol. The van der Waals surface area contributed by atoms with E-state index in [9.17, 15) is 4.79 Å². The summed E-state index contributed by atoms with van der Waals surface area (Å²) in [6.45, 7) is 4.48. The highest BCUT2D eigenvalue weighted by Gasteiger charge is 2.25. The average molecular weight is 285 g/mol. The predicted octanol–water partition coefficient (Wildman–Crippen LogP) is 3.13. The molecule has 1 aliphatic heterocycles. The van der Waals surface area contributed by atoms with E-state index in [0.29, 0.717) is 12.1 Å². The highest BCUT2D eigenvalue weighted by Crippen LogP contribution is 2.26. The third-order valence-electron chi connectivity index (χ3n) is 4.60. The highest BCUT2D eigenvalue weighted by molar-refractivity contribution is 5.91. The standard InChI is InChI=1S/C17H23N3O/c1-12-7-6-8-13(2)20(12)18-15-11-17(21)19(3)16-10-5-4-9-14(15)16/h4-5,9-13,18H,6-8H2,1-3H3. The summed E-state index contributed by atoms with van der Waals surface area (Å²) in [7, 11) is 1.82. The molecule has 4 heteroatoms. The maximum absolute atomic E-state index is 12.2. The fourth-order valence-corrected chi connectivity index (χ4v) is 3.28. The number of rotatable bonds is 2. The van der Waals surface area contributed by atoms with Crippen LogP contribution in [0.25, 0.3) is 10.9 Å². The minimum absolute atomic E-state index is 0.0218. The van der Waals surface area contributed by atoms with E-state index in [-0.39, 0.29) is 5.56 Å². The van der Waals surface area contributed by atoms with Gasteiger partial charge in [0.15, 0.2) is 0 Å². The smallest absolute Gasteiger partial charge is 0.252 e. The Bertz CT molecular complexity index is 697. The van der Waals surface area contributed by atoms with E-state index < -0.39 is 0 Å². The van der Waals surface area contributed by atoms with E-state index in [2.05, 4.69) is 30.3 Å². The van der Waals surface area contributed by atoms with Crippen LogP contribution in [0.1, 0.15) is 33.1 Å². The molecule has 1 saturated heterocycles. The van der Waals surface area contributed by atoms with Crippen molar-refractivity contribution in [2.24, 2.45) is 7.05 Å². The van der Waals surface area contributed by atoms with Gasteiger partial charge in [-0.15, -0.1) is 0 Å². The molecule has 2 unspecified atom stereocenters. The zero-order valence-electron chi connectivity index (χ0n) is 13.0. The Balaban J connectivity index is 2.04. The number of aromatic nitrogens is 1. The molecule has 1 aliphatic rings. The maximum atomic E-state index is 12.2. The fraction of sp³-hybridized carbons (Fsp3) is 0.471. The van der Waals surface area contributed by atoms with Crippen LogP contribution in [0.4, 0.5) is 5.69 Å². The summed E-state index contributed by atoms with van der Waals surface area (Å²) < 4.78 is 1.70. The molecule has 2 atom stereocenters. The molecular weight excluding hydrogens is 262 g/mol. The van der Waals surface area contributed by atoms with Crippen LogP contribution in [-0.2, 0) is 7.05 Å². The van der Waals surface area contributed by atoms with Crippen molar-refractivity contribution in [2.75, 3.05) is 5.43 Å². The Hall–Kier alpha value is -1.81. The molecule has 0 radical (unpaired) electrons. The van der Waals surface area contributed by atoms with Gasteiger partial charge in [-0.1, -0.05) is 24.6 Å². The number of nitrogens with zero attached hydrogens (tertiary/aromatic N) is 2. The lowest BCUT2D eigenvalue weighted by Gasteiger charge is -2.39. The van der Waals surface area contributed by atoms with Crippen LogP contribution in [0.2, 0.25) is 0 Å². The predicted molar refractivity (Wildman–Crippen MR) is 87.4 cm³/mol. The first-order valence-corrected chi connectivity index (χ1v) is 7.71. The van der Waals surface area contributed by atoms with E-state index in [0.717, 1.165) is 16.6 Å².